The van der Waals surface area contributed by atoms with Gasteiger partial charge < -0.3 is 10.0 Å². The predicted octanol–water partition coefficient (Wildman–Crippen LogP) is 3.65. The Morgan fingerprint density at radius 3 is 2.50 bits per heavy atom. The summed E-state index contributed by atoms with van der Waals surface area (Å²) >= 11 is 0. The van der Waals surface area contributed by atoms with Crippen LogP contribution in [0.1, 0.15) is 50.7 Å². The van der Waals surface area contributed by atoms with Gasteiger partial charge in [0.1, 0.15) is 5.82 Å². The first-order valence-corrected chi connectivity index (χ1v) is 6.80. The number of benzene rings is 1. The van der Waals surface area contributed by atoms with Crippen molar-refractivity contribution in [2.24, 2.45) is 0 Å². The second-order valence-electron chi connectivity index (χ2n) is 5.29. The number of anilines is 1. The van der Waals surface area contributed by atoms with E-state index in [1.165, 1.54) is 25.3 Å². The third kappa shape index (κ3) is 2.83. The Hall–Kier alpha value is -1.09. The molecule has 1 aliphatic rings. The van der Waals surface area contributed by atoms with Crippen LogP contribution in [0.15, 0.2) is 18.2 Å². The van der Waals surface area contributed by atoms with Gasteiger partial charge in [-0.25, -0.2) is 4.39 Å². The molecule has 0 aromatic heterocycles. The lowest BCUT2D eigenvalue weighted by molar-refractivity contribution is 0.199. The molecule has 0 unspecified atom stereocenters. The van der Waals surface area contributed by atoms with Crippen LogP contribution in [0.5, 0.6) is 0 Å². The van der Waals surface area contributed by atoms with E-state index < -0.39 is 6.10 Å². The zero-order valence-corrected chi connectivity index (χ0v) is 11.2. The molecule has 1 aliphatic carbocycles. The highest BCUT2D eigenvalue weighted by Crippen LogP contribution is 2.29. The molecule has 0 bridgehead atoms. The van der Waals surface area contributed by atoms with Crippen molar-refractivity contribution in [3.05, 3.63) is 29.6 Å². The first kappa shape index (κ1) is 13.3. The summed E-state index contributed by atoms with van der Waals surface area (Å²) in [4.78, 5) is 2.06. The van der Waals surface area contributed by atoms with Crippen molar-refractivity contribution in [2.45, 2.75) is 51.2 Å². The zero-order valence-electron chi connectivity index (χ0n) is 11.2. The molecule has 1 N–H and O–H groups in total. The highest BCUT2D eigenvalue weighted by atomic mass is 19.1. The number of nitrogens with zero attached hydrogens (tertiary/aromatic N) is 1. The standard InChI is InChI=1S/C15H22FNO/c1-11(18)12-8-9-15(14(16)10-12)17(2)13-6-4-3-5-7-13/h8-11,13,18H,3-7H2,1-2H3/t11-/m0/s1. The van der Waals surface area contributed by atoms with Crippen LogP contribution in [0.3, 0.4) is 0 Å². The average molecular weight is 251 g/mol. The van der Waals surface area contributed by atoms with Gasteiger partial charge in [-0.05, 0) is 37.5 Å². The predicted molar refractivity (Wildman–Crippen MR) is 72.3 cm³/mol. The Balaban J connectivity index is 2.16. The Kier molecular flexibility index (Phi) is 4.23. The fourth-order valence-electron chi connectivity index (χ4n) is 2.73. The van der Waals surface area contributed by atoms with Crippen molar-refractivity contribution in [1.82, 2.24) is 0 Å². The van der Waals surface area contributed by atoms with E-state index in [0.717, 1.165) is 12.8 Å². The number of aliphatic hydroxyl groups excluding tert-OH is 1. The fraction of sp³-hybridized carbons (Fsp3) is 0.600. The molecule has 2 nitrogen and oxygen atoms in total. The van der Waals surface area contributed by atoms with Gasteiger partial charge in [-0.3, -0.25) is 0 Å². The molecule has 3 heteroatoms. The van der Waals surface area contributed by atoms with Crippen molar-refractivity contribution in [3.63, 3.8) is 0 Å². The van der Waals surface area contributed by atoms with Crippen LogP contribution in [0.25, 0.3) is 0 Å². The van der Waals surface area contributed by atoms with Crippen LogP contribution in [0, 0.1) is 5.82 Å². The second-order valence-corrected chi connectivity index (χ2v) is 5.29. The Bertz CT molecular complexity index is 399. The number of halogens is 1. The van der Waals surface area contributed by atoms with Crippen LogP contribution in [-0.2, 0) is 0 Å². The SMILES string of the molecule is C[C@H](O)c1ccc(N(C)C2CCCCC2)c(F)c1. The van der Waals surface area contributed by atoms with E-state index in [4.69, 9.17) is 0 Å². The normalized spacial score (nSPS) is 18.7. The van der Waals surface area contributed by atoms with Crippen LogP contribution in [-0.4, -0.2) is 18.2 Å². The van der Waals surface area contributed by atoms with Crippen molar-refractivity contribution in [3.8, 4) is 0 Å². The molecular weight excluding hydrogens is 229 g/mol. The number of hydrogen-bond donors (Lipinski definition) is 1. The van der Waals surface area contributed by atoms with E-state index in [1.807, 2.05) is 13.1 Å². The monoisotopic (exact) mass is 251 g/mol. The van der Waals surface area contributed by atoms with Gasteiger partial charge in [0, 0.05) is 13.1 Å². The van der Waals surface area contributed by atoms with Gasteiger partial charge in [-0.1, -0.05) is 25.3 Å². The summed E-state index contributed by atoms with van der Waals surface area (Å²) in [7, 11) is 1.97. The molecule has 0 heterocycles. The first-order chi connectivity index (χ1) is 8.59. The molecular formula is C15H22FNO. The molecule has 0 aliphatic heterocycles. The molecule has 1 saturated carbocycles. The summed E-state index contributed by atoms with van der Waals surface area (Å²) in [6.45, 7) is 1.65. The van der Waals surface area contributed by atoms with Gasteiger partial charge >= 0.3 is 0 Å². The molecule has 100 valence electrons. The summed E-state index contributed by atoms with van der Waals surface area (Å²) in [5.74, 6) is -0.235. The van der Waals surface area contributed by atoms with Gasteiger partial charge in [0.25, 0.3) is 0 Å². The van der Waals surface area contributed by atoms with Crippen LogP contribution in [0.2, 0.25) is 0 Å². The van der Waals surface area contributed by atoms with Gasteiger partial charge in [-0.2, -0.15) is 0 Å². The molecule has 18 heavy (non-hydrogen) atoms. The van der Waals surface area contributed by atoms with E-state index in [9.17, 15) is 9.50 Å². The first-order valence-electron chi connectivity index (χ1n) is 6.80. The maximum absolute atomic E-state index is 14.1. The average Bonchev–Trinajstić information content (AvgIpc) is 2.38. The summed E-state index contributed by atoms with van der Waals surface area (Å²) in [5.41, 5.74) is 1.28. The molecule has 1 aromatic rings. The van der Waals surface area contributed by atoms with Crippen molar-refractivity contribution < 1.29 is 9.50 Å². The number of aliphatic hydroxyl groups is 1. The van der Waals surface area contributed by atoms with Crippen molar-refractivity contribution >= 4 is 5.69 Å². The van der Waals surface area contributed by atoms with Crippen LogP contribution >= 0.6 is 0 Å². The maximum Gasteiger partial charge on any atom is 0.146 e. The van der Waals surface area contributed by atoms with E-state index in [-0.39, 0.29) is 5.82 Å². The molecule has 1 aromatic carbocycles. The Labute approximate surface area is 108 Å². The van der Waals surface area contributed by atoms with Gasteiger partial charge in [0.15, 0.2) is 0 Å². The van der Waals surface area contributed by atoms with Gasteiger partial charge in [0.05, 0.1) is 11.8 Å². The Morgan fingerprint density at radius 2 is 1.94 bits per heavy atom. The molecule has 1 atom stereocenters. The Morgan fingerprint density at radius 1 is 1.28 bits per heavy atom. The van der Waals surface area contributed by atoms with E-state index in [1.54, 1.807) is 13.0 Å². The molecule has 0 radical (unpaired) electrons. The fourth-order valence-corrected chi connectivity index (χ4v) is 2.73. The summed E-state index contributed by atoms with van der Waals surface area (Å²) in [6, 6.07) is 5.49. The van der Waals surface area contributed by atoms with E-state index >= 15 is 0 Å². The summed E-state index contributed by atoms with van der Waals surface area (Å²) in [5, 5.41) is 9.45. The summed E-state index contributed by atoms with van der Waals surface area (Å²) in [6.07, 6.45) is 5.45. The minimum absolute atomic E-state index is 0.235. The minimum Gasteiger partial charge on any atom is -0.389 e. The molecule has 2 rings (SSSR count). The van der Waals surface area contributed by atoms with Gasteiger partial charge in [-0.15, -0.1) is 0 Å². The lowest BCUT2D eigenvalue weighted by Gasteiger charge is -2.33. The van der Waals surface area contributed by atoms with Crippen LogP contribution < -0.4 is 4.90 Å². The molecule has 0 spiro atoms. The largest absolute Gasteiger partial charge is 0.389 e. The van der Waals surface area contributed by atoms with E-state index in [0.29, 0.717) is 17.3 Å². The van der Waals surface area contributed by atoms with Crippen molar-refractivity contribution in [2.75, 3.05) is 11.9 Å². The second kappa shape index (κ2) is 5.70. The highest BCUT2D eigenvalue weighted by Gasteiger charge is 2.20. The zero-order chi connectivity index (χ0) is 13.1. The summed E-state index contributed by atoms with van der Waals surface area (Å²) < 4.78 is 14.1. The lowest BCUT2D eigenvalue weighted by Crippen LogP contribution is -2.33. The topological polar surface area (TPSA) is 23.5 Å². The number of rotatable bonds is 3. The maximum atomic E-state index is 14.1. The minimum atomic E-state index is -0.617. The van der Waals surface area contributed by atoms with Gasteiger partial charge in [0.2, 0.25) is 0 Å². The molecule has 0 saturated heterocycles. The highest BCUT2D eigenvalue weighted by molar-refractivity contribution is 5.49. The van der Waals surface area contributed by atoms with E-state index in [2.05, 4.69) is 4.90 Å². The van der Waals surface area contributed by atoms with Crippen molar-refractivity contribution in [1.29, 1.82) is 0 Å². The smallest absolute Gasteiger partial charge is 0.146 e. The van der Waals surface area contributed by atoms with Crippen LogP contribution in [0.4, 0.5) is 10.1 Å². The third-order valence-corrected chi connectivity index (χ3v) is 3.96. The number of hydrogen-bond acceptors (Lipinski definition) is 2. The molecule has 0 amide bonds. The third-order valence-electron chi connectivity index (χ3n) is 3.96. The molecule has 1 fully saturated rings. The quantitative estimate of drug-likeness (QED) is 0.886. The lowest BCUT2D eigenvalue weighted by atomic mass is 9.94.